The summed E-state index contributed by atoms with van der Waals surface area (Å²) in [6.45, 7) is 6.37. The average molecular weight is 393 g/mol. The van der Waals surface area contributed by atoms with Crippen molar-refractivity contribution in [3.05, 3.63) is 59.7 Å². The maximum atomic E-state index is 11.6. The van der Waals surface area contributed by atoms with Gasteiger partial charge in [-0.2, -0.15) is 0 Å². The van der Waals surface area contributed by atoms with Gasteiger partial charge in [-0.15, -0.1) is 0 Å². The van der Waals surface area contributed by atoms with Crippen LogP contribution in [-0.2, 0) is 22.4 Å². The minimum absolute atomic E-state index is 0.0765. The Hall–Kier alpha value is -2.33. The molecule has 0 saturated carbocycles. The van der Waals surface area contributed by atoms with Crippen molar-refractivity contribution in [2.45, 2.75) is 39.0 Å². The topological polar surface area (TPSA) is 32.8 Å². The predicted octanol–water partition coefficient (Wildman–Crippen LogP) is 4.59. The van der Waals surface area contributed by atoms with Gasteiger partial charge < -0.3 is 14.5 Å². The van der Waals surface area contributed by atoms with Crippen LogP contribution in [0.4, 0.5) is 11.4 Å². The molecule has 0 amide bonds. The van der Waals surface area contributed by atoms with Gasteiger partial charge in [0.25, 0.3) is 0 Å². The number of ether oxygens (including phenoxy) is 1. The van der Waals surface area contributed by atoms with E-state index in [9.17, 15) is 4.79 Å². The van der Waals surface area contributed by atoms with Crippen molar-refractivity contribution in [1.29, 1.82) is 0 Å². The molecule has 154 valence electrons. The summed E-state index contributed by atoms with van der Waals surface area (Å²) in [6, 6.07) is 17.8. The fourth-order valence-corrected chi connectivity index (χ4v) is 4.70. The van der Waals surface area contributed by atoms with E-state index in [2.05, 4.69) is 58.3 Å². The number of esters is 1. The van der Waals surface area contributed by atoms with E-state index in [-0.39, 0.29) is 5.97 Å². The molecule has 4 rings (SSSR count). The van der Waals surface area contributed by atoms with Crippen molar-refractivity contribution in [3.8, 4) is 0 Å². The lowest BCUT2D eigenvalue weighted by molar-refractivity contribution is -0.143. The largest absolute Gasteiger partial charge is 0.466 e. The van der Waals surface area contributed by atoms with Crippen LogP contribution in [0.2, 0.25) is 0 Å². The molecule has 0 spiro atoms. The first-order valence-electron chi connectivity index (χ1n) is 11.1. The first kappa shape index (κ1) is 20.0. The van der Waals surface area contributed by atoms with Crippen molar-refractivity contribution < 1.29 is 9.53 Å². The molecular weight excluding hydrogens is 360 g/mol. The normalized spacial score (nSPS) is 17.3. The molecule has 0 aliphatic carbocycles. The molecule has 29 heavy (non-hydrogen) atoms. The molecule has 0 unspecified atom stereocenters. The second kappa shape index (κ2) is 9.45. The van der Waals surface area contributed by atoms with Crippen LogP contribution >= 0.6 is 0 Å². The number of rotatable bonds is 6. The quantitative estimate of drug-likeness (QED) is 0.673. The molecule has 4 heteroatoms. The summed E-state index contributed by atoms with van der Waals surface area (Å²) >= 11 is 0. The fourth-order valence-electron chi connectivity index (χ4n) is 4.70. The Labute approximate surface area is 174 Å². The predicted molar refractivity (Wildman–Crippen MR) is 118 cm³/mol. The van der Waals surface area contributed by atoms with E-state index in [0.717, 1.165) is 39.0 Å². The van der Waals surface area contributed by atoms with Gasteiger partial charge in [0.1, 0.15) is 0 Å². The fraction of sp³-hybridized carbons (Fsp3) is 0.480. The third kappa shape index (κ3) is 4.81. The van der Waals surface area contributed by atoms with Crippen molar-refractivity contribution in [2.75, 3.05) is 37.7 Å². The molecule has 2 heterocycles. The lowest BCUT2D eigenvalue weighted by atomic mass is 9.95. The van der Waals surface area contributed by atoms with E-state index >= 15 is 0 Å². The molecule has 2 aliphatic rings. The highest BCUT2D eigenvalue weighted by Crippen LogP contribution is 2.37. The highest BCUT2D eigenvalue weighted by molar-refractivity contribution is 5.71. The molecular formula is C25H32N2O2. The van der Waals surface area contributed by atoms with E-state index < -0.39 is 0 Å². The third-order valence-electron chi connectivity index (χ3n) is 6.31. The summed E-state index contributed by atoms with van der Waals surface area (Å²) in [5.41, 5.74) is 5.66. The summed E-state index contributed by atoms with van der Waals surface area (Å²) in [5.74, 6) is 0.598. The van der Waals surface area contributed by atoms with Gasteiger partial charge in [0.2, 0.25) is 0 Å². The lowest BCUT2D eigenvalue weighted by Gasteiger charge is -2.36. The van der Waals surface area contributed by atoms with Gasteiger partial charge in [0, 0.05) is 24.5 Å². The number of nitrogens with zero attached hydrogens (tertiary/aromatic N) is 2. The molecule has 2 aromatic carbocycles. The Morgan fingerprint density at radius 2 is 1.55 bits per heavy atom. The summed E-state index contributed by atoms with van der Waals surface area (Å²) in [6.07, 6.45) is 5.09. The SMILES string of the molecule is CCOC(=O)CCN1CCC(CN2c3ccccc3CCc3ccccc32)CC1. The van der Waals surface area contributed by atoms with Gasteiger partial charge in [-0.05, 0) is 74.9 Å². The monoisotopic (exact) mass is 392 g/mol. The highest BCUT2D eigenvalue weighted by atomic mass is 16.5. The summed E-state index contributed by atoms with van der Waals surface area (Å²) in [7, 11) is 0. The second-order valence-electron chi connectivity index (χ2n) is 8.21. The van der Waals surface area contributed by atoms with Gasteiger partial charge >= 0.3 is 5.97 Å². The van der Waals surface area contributed by atoms with Crippen LogP contribution in [0.1, 0.15) is 37.3 Å². The maximum absolute atomic E-state index is 11.6. The number of para-hydroxylation sites is 2. The van der Waals surface area contributed by atoms with Crippen molar-refractivity contribution in [1.82, 2.24) is 4.90 Å². The highest BCUT2D eigenvalue weighted by Gasteiger charge is 2.26. The molecule has 0 N–H and O–H groups in total. The van der Waals surface area contributed by atoms with Crippen molar-refractivity contribution in [2.24, 2.45) is 5.92 Å². The van der Waals surface area contributed by atoms with Crippen LogP contribution in [0.3, 0.4) is 0 Å². The standard InChI is InChI=1S/C25H32N2O2/c1-2-29-25(28)15-18-26-16-13-20(14-17-26)19-27-23-9-5-3-7-21(23)11-12-22-8-4-6-10-24(22)27/h3-10,20H,2,11-19H2,1H3. The molecule has 1 saturated heterocycles. The number of fused-ring (bicyclic) bond motifs is 2. The number of benzene rings is 2. The number of carbonyl (C=O) groups is 1. The zero-order valence-electron chi connectivity index (χ0n) is 17.5. The molecule has 0 bridgehead atoms. The number of carbonyl (C=O) groups excluding carboxylic acids is 1. The number of hydrogen-bond donors (Lipinski definition) is 0. The number of piperidine rings is 1. The minimum atomic E-state index is -0.0765. The molecule has 1 fully saturated rings. The van der Waals surface area contributed by atoms with Gasteiger partial charge in [-0.1, -0.05) is 36.4 Å². The van der Waals surface area contributed by atoms with Crippen LogP contribution in [0, 0.1) is 5.92 Å². The zero-order valence-corrected chi connectivity index (χ0v) is 17.5. The molecule has 4 nitrogen and oxygen atoms in total. The number of aryl methyl sites for hydroxylation is 2. The molecule has 0 radical (unpaired) electrons. The molecule has 0 atom stereocenters. The smallest absolute Gasteiger partial charge is 0.307 e. The first-order valence-corrected chi connectivity index (χ1v) is 11.1. The lowest BCUT2D eigenvalue weighted by Crippen LogP contribution is -2.38. The average Bonchev–Trinajstić information content (AvgIpc) is 2.91. The number of likely N-dealkylation sites (tertiary alicyclic amines) is 1. The molecule has 2 aromatic rings. The molecule has 0 aromatic heterocycles. The van der Waals surface area contributed by atoms with E-state index in [4.69, 9.17) is 4.74 Å². The summed E-state index contributed by atoms with van der Waals surface area (Å²) < 4.78 is 5.06. The zero-order chi connectivity index (χ0) is 20.1. The van der Waals surface area contributed by atoms with Crippen LogP contribution in [0.15, 0.2) is 48.5 Å². The maximum Gasteiger partial charge on any atom is 0.307 e. The van der Waals surface area contributed by atoms with Crippen molar-refractivity contribution >= 4 is 17.3 Å². The summed E-state index contributed by atoms with van der Waals surface area (Å²) in [5, 5.41) is 0. The molecule has 2 aliphatic heterocycles. The van der Waals surface area contributed by atoms with Gasteiger partial charge in [-0.25, -0.2) is 0 Å². The second-order valence-corrected chi connectivity index (χ2v) is 8.21. The van der Waals surface area contributed by atoms with Gasteiger partial charge in [0.15, 0.2) is 0 Å². The number of anilines is 2. The van der Waals surface area contributed by atoms with E-state index in [1.165, 1.54) is 35.3 Å². The van der Waals surface area contributed by atoms with Crippen molar-refractivity contribution in [3.63, 3.8) is 0 Å². The Morgan fingerprint density at radius 1 is 0.966 bits per heavy atom. The Kier molecular flexibility index (Phi) is 6.50. The van der Waals surface area contributed by atoms with Crippen LogP contribution in [0.25, 0.3) is 0 Å². The Morgan fingerprint density at radius 3 is 2.14 bits per heavy atom. The van der Waals surface area contributed by atoms with Gasteiger partial charge in [-0.3, -0.25) is 4.79 Å². The minimum Gasteiger partial charge on any atom is -0.466 e. The number of hydrogen-bond acceptors (Lipinski definition) is 4. The Balaban J connectivity index is 1.42. The van der Waals surface area contributed by atoms with E-state index in [1.807, 2.05) is 6.92 Å². The van der Waals surface area contributed by atoms with Crippen LogP contribution in [0.5, 0.6) is 0 Å². The van der Waals surface area contributed by atoms with E-state index in [0.29, 0.717) is 18.9 Å². The Bertz CT molecular complexity index is 780. The summed E-state index contributed by atoms with van der Waals surface area (Å²) in [4.78, 5) is 16.6. The van der Waals surface area contributed by atoms with Gasteiger partial charge in [0.05, 0.1) is 13.0 Å². The first-order chi connectivity index (χ1) is 14.2. The van der Waals surface area contributed by atoms with E-state index in [1.54, 1.807) is 0 Å². The van der Waals surface area contributed by atoms with Crippen LogP contribution in [-0.4, -0.2) is 43.7 Å². The third-order valence-corrected chi connectivity index (χ3v) is 6.31. The van der Waals surface area contributed by atoms with Crippen LogP contribution < -0.4 is 4.90 Å².